The Kier molecular flexibility index (Phi) is 3.14. The second-order valence-corrected chi connectivity index (χ2v) is 7.29. The predicted octanol–water partition coefficient (Wildman–Crippen LogP) is 1.91. The average molecular weight is 380 g/mol. The lowest BCUT2D eigenvalue weighted by Crippen LogP contribution is -2.58. The van der Waals surface area contributed by atoms with Crippen LogP contribution in [0.15, 0.2) is 46.6 Å². The number of fused-ring (bicyclic) bond motifs is 6. The van der Waals surface area contributed by atoms with Crippen molar-refractivity contribution >= 4 is 28.9 Å². The molecule has 9 heteroatoms. The van der Waals surface area contributed by atoms with Gasteiger partial charge in [-0.25, -0.2) is 9.48 Å². The van der Waals surface area contributed by atoms with Gasteiger partial charge in [0.15, 0.2) is 11.5 Å². The van der Waals surface area contributed by atoms with E-state index in [-0.39, 0.29) is 30.3 Å². The third-order valence-corrected chi connectivity index (χ3v) is 5.83. The summed E-state index contributed by atoms with van der Waals surface area (Å²) in [5, 5.41) is 16.3. The summed E-state index contributed by atoms with van der Waals surface area (Å²) < 4.78 is 1.24. The summed E-state index contributed by atoms with van der Waals surface area (Å²) in [7, 11) is 0. The minimum absolute atomic E-state index is 0.0456. The first-order valence-electron chi connectivity index (χ1n) is 8.25. The Morgan fingerprint density at radius 1 is 1.19 bits per heavy atom. The van der Waals surface area contributed by atoms with Crippen LogP contribution in [-0.4, -0.2) is 31.7 Å². The minimum Gasteiger partial charge on any atom is -0.478 e. The van der Waals surface area contributed by atoms with E-state index in [2.05, 4.69) is 10.1 Å². The van der Waals surface area contributed by atoms with E-state index >= 15 is 0 Å². The molecule has 1 saturated heterocycles. The molecule has 0 spiro atoms. The lowest BCUT2D eigenvalue weighted by molar-refractivity contribution is -0.148. The van der Waals surface area contributed by atoms with Crippen LogP contribution < -0.4 is 10.5 Å². The van der Waals surface area contributed by atoms with Gasteiger partial charge in [0.25, 0.3) is 0 Å². The number of carboxylic acids is 1. The monoisotopic (exact) mass is 380 g/mol. The first-order valence-corrected chi connectivity index (χ1v) is 9.13. The van der Waals surface area contributed by atoms with Crippen LogP contribution in [0.4, 0.5) is 5.69 Å². The second kappa shape index (κ2) is 5.34. The van der Waals surface area contributed by atoms with Crippen LogP contribution in [0.25, 0.3) is 22.0 Å². The van der Waals surface area contributed by atoms with E-state index in [1.54, 1.807) is 41.8 Å². The van der Waals surface area contributed by atoms with Crippen LogP contribution in [0.1, 0.15) is 12.8 Å². The molecule has 8 nitrogen and oxygen atoms in total. The van der Waals surface area contributed by atoms with Crippen molar-refractivity contribution in [3.8, 4) is 22.0 Å². The van der Waals surface area contributed by atoms with E-state index < -0.39 is 17.2 Å². The van der Waals surface area contributed by atoms with Crippen molar-refractivity contribution in [2.45, 2.75) is 18.5 Å². The van der Waals surface area contributed by atoms with Crippen LogP contribution in [0.3, 0.4) is 0 Å². The van der Waals surface area contributed by atoms with Crippen LogP contribution in [0.2, 0.25) is 0 Å². The molecule has 0 saturated carbocycles. The molecule has 27 heavy (non-hydrogen) atoms. The Morgan fingerprint density at radius 3 is 2.74 bits per heavy atom. The molecule has 0 radical (unpaired) electrons. The Bertz CT molecular complexity index is 1170. The molecule has 1 N–H and O–H groups in total. The molecule has 4 heterocycles. The topological polar surface area (TPSA) is 105 Å². The molecule has 0 aliphatic carbocycles. The number of nitrogens with zero attached hydrogens (tertiary/aromatic N) is 4. The van der Waals surface area contributed by atoms with Crippen molar-refractivity contribution in [2.75, 3.05) is 4.90 Å². The highest BCUT2D eigenvalue weighted by molar-refractivity contribution is 7.13. The summed E-state index contributed by atoms with van der Waals surface area (Å²) in [5.74, 6) is -1.35. The minimum atomic E-state index is -1.73. The van der Waals surface area contributed by atoms with Crippen LogP contribution in [0.5, 0.6) is 0 Å². The molecule has 1 atom stereocenters. The standard InChI is InChI=1S/C18H12N4O4S/c23-13-7-8-18(17(25)26)21(13)11-5-2-1-4-10(11)15-19-16(24)14(20-22(15)18)12-6-3-9-27-12/h1-6,9H,7-8H2,(H,25,26)/t18-/m0/s1. The number of hydrogen-bond acceptors (Lipinski definition) is 6. The maximum atomic E-state index is 12.6. The van der Waals surface area contributed by atoms with Crippen LogP contribution in [0, 0.1) is 0 Å². The molecule has 1 amide bonds. The van der Waals surface area contributed by atoms with Gasteiger partial charge >= 0.3 is 11.5 Å². The molecule has 3 aromatic rings. The fourth-order valence-electron chi connectivity index (χ4n) is 3.78. The summed E-state index contributed by atoms with van der Waals surface area (Å²) in [6, 6.07) is 10.3. The van der Waals surface area contributed by atoms with Crippen molar-refractivity contribution in [1.29, 1.82) is 0 Å². The fraction of sp³-hybridized carbons (Fsp3) is 0.167. The number of aliphatic carboxylic acids is 1. The molecule has 0 unspecified atom stereocenters. The van der Waals surface area contributed by atoms with Crippen molar-refractivity contribution in [3.05, 3.63) is 52.1 Å². The largest absolute Gasteiger partial charge is 0.478 e. The number of aromatic nitrogens is 3. The lowest BCUT2D eigenvalue weighted by Gasteiger charge is -2.41. The van der Waals surface area contributed by atoms with Crippen LogP contribution in [-0.2, 0) is 15.3 Å². The molecule has 1 fully saturated rings. The molecule has 0 bridgehead atoms. The number of hydrogen-bond donors (Lipinski definition) is 1. The highest BCUT2D eigenvalue weighted by atomic mass is 32.1. The number of benzene rings is 1. The van der Waals surface area contributed by atoms with Gasteiger partial charge in [-0.3, -0.25) is 14.5 Å². The number of amides is 1. The molecule has 5 rings (SSSR count). The van der Waals surface area contributed by atoms with Gasteiger partial charge in [-0.1, -0.05) is 18.2 Å². The number of thiophene rings is 1. The third kappa shape index (κ3) is 1.94. The smallest absolute Gasteiger partial charge is 0.353 e. The van der Waals surface area contributed by atoms with Crippen molar-refractivity contribution < 1.29 is 14.7 Å². The van der Waals surface area contributed by atoms with Gasteiger partial charge in [0.1, 0.15) is 0 Å². The van der Waals surface area contributed by atoms with Gasteiger partial charge in [0.2, 0.25) is 11.6 Å². The zero-order valence-corrected chi connectivity index (χ0v) is 14.6. The van der Waals surface area contributed by atoms with Gasteiger partial charge in [0.05, 0.1) is 10.6 Å². The van der Waals surface area contributed by atoms with Gasteiger partial charge in [-0.15, -0.1) is 11.3 Å². The SMILES string of the molecule is O=C1CC[C@]2(C(=O)O)N1c1ccccc1-c1nc(=O)c(-c3cccs3)nn12. The summed E-state index contributed by atoms with van der Waals surface area (Å²) >= 11 is 1.32. The Balaban J connectivity index is 1.91. The molecule has 134 valence electrons. The highest BCUT2D eigenvalue weighted by Gasteiger charge is 2.58. The van der Waals surface area contributed by atoms with E-state index in [4.69, 9.17) is 0 Å². The number of carbonyl (C=O) groups is 2. The number of rotatable bonds is 2. The zero-order chi connectivity index (χ0) is 18.8. The summed E-state index contributed by atoms with van der Waals surface area (Å²) in [6.07, 6.45) is 0.117. The molecule has 2 aliphatic rings. The Labute approximate surface area is 156 Å². The fourth-order valence-corrected chi connectivity index (χ4v) is 4.48. The third-order valence-electron chi connectivity index (χ3n) is 4.95. The number of carboxylic acid groups (broad SMARTS) is 1. The van der Waals surface area contributed by atoms with E-state index in [1.807, 2.05) is 0 Å². The van der Waals surface area contributed by atoms with Gasteiger partial charge in [-0.05, 0) is 23.6 Å². The number of anilines is 1. The molecular weight excluding hydrogens is 368 g/mol. The average Bonchev–Trinajstić information content (AvgIpc) is 3.30. The highest BCUT2D eigenvalue weighted by Crippen LogP contribution is 2.47. The van der Waals surface area contributed by atoms with E-state index in [0.29, 0.717) is 16.1 Å². The number of para-hydroxylation sites is 1. The summed E-state index contributed by atoms with van der Waals surface area (Å²) in [5.41, 5.74) is -1.25. The molecule has 1 aromatic carbocycles. The van der Waals surface area contributed by atoms with Gasteiger partial charge < -0.3 is 5.11 Å². The van der Waals surface area contributed by atoms with Gasteiger partial charge in [0, 0.05) is 18.4 Å². The van der Waals surface area contributed by atoms with Crippen LogP contribution >= 0.6 is 11.3 Å². The lowest BCUT2D eigenvalue weighted by atomic mass is 10.00. The molecular formula is C18H12N4O4S. The molecule has 2 aromatic heterocycles. The van der Waals surface area contributed by atoms with E-state index in [1.165, 1.54) is 20.9 Å². The number of carbonyl (C=O) groups excluding carboxylic acids is 1. The summed E-state index contributed by atoms with van der Waals surface area (Å²) in [4.78, 5) is 43.7. The first-order chi connectivity index (χ1) is 13.0. The predicted molar refractivity (Wildman–Crippen MR) is 97.4 cm³/mol. The zero-order valence-electron chi connectivity index (χ0n) is 13.8. The van der Waals surface area contributed by atoms with Crippen molar-refractivity contribution in [2.24, 2.45) is 0 Å². The first kappa shape index (κ1) is 15.9. The summed E-state index contributed by atoms with van der Waals surface area (Å²) in [6.45, 7) is 0. The maximum absolute atomic E-state index is 12.6. The second-order valence-electron chi connectivity index (χ2n) is 6.35. The normalized spacial score (nSPS) is 20.1. The molecule has 2 aliphatic heterocycles. The van der Waals surface area contributed by atoms with E-state index in [0.717, 1.165) is 0 Å². The van der Waals surface area contributed by atoms with Crippen molar-refractivity contribution in [3.63, 3.8) is 0 Å². The van der Waals surface area contributed by atoms with Gasteiger partial charge in [-0.2, -0.15) is 10.1 Å². The Morgan fingerprint density at radius 2 is 2.00 bits per heavy atom. The Hall–Kier alpha value is -3.33. The van der Waals surface area contributed by atoms with Crippen molar-refractivity contribution in [1.82, 2.24) is 14.8 Å². The maximum Gasteiger partial charge on any atom is 0.353 e. The quantitative estimate of drug-likeness (QED) is 0.728. The van der Waals surface area contributed by atoms with E-state index in [9.17, 15) is 19.5 Å².